The van der Waals surface area contributed by atoms with Gasteiger partial charge in [0.2, 0.25) is 0 Å². The van der Waals surface area contributed by atoms with Crippen LogP contribution in [0.1, 0.15) is 37.2 Å². The zero-order valence-corrected chi connectivity index (χ0v) is 12.9. The van der Waals surface area contributed by atoms with E-state index in [0.29, 0.717) is 5.56 Å². The molecular weight excluding hydrogens is 278 g/mol. The molecule has 2 aromatic carbocycles. The Balaban J connectivity index is 0.000000220. The normalized spacial score (nSPS) is 14.2. The van der Waals surface area contributed by atoms with E-state index < -0.39 is 12.2 Å². The molecule has 0 saturated heterocycles. The first-order valence-electron chi connectivity index (χ1n) is 7.15. The minimum atomic E-state index is -0.962. The van der Waals surface area contributed by atoms with E-state index >= 15 is 0 Å². The summed E-state index contributed by atoms with van der Waals surface area (Å²) >= 11 is 0. The van der Waals surface area contributed by atoms with Gasteiger partial charge < -0.3 is 15.9 Å². The van der Waals surface area contributed by atoms with Gasteiger partial charge in [0.05, 0.1) is 6.10 Å². The highest BCUT2D eigenvalue weighted by atomic mass is 16.3. The highest BCUT2D eigenvalue weighted by molar-refractivity contribution is 5.81. The molecule has 3 atom stereocenters. The minimum Gasteiger partial charge on any atom is -0.387 e. The summed E-state index contributed by atoms with van der Waals surface area (Å²) in [5.41, 5.74) is 7.05. The zero-order chi connectivity index (χ0) is 16.5. The van der Waals surface area contributed by atoms with Gasteiger partial charge in [0.25, 0.3) is 0 Å². The molecule has 0 spiro atoms. The summed E-state index contributed by atoms with van der Waals surface area (Å²) in [4.78, 5) is 10.7. The maximum Gasteiger partial charge on any atom is 0.162 e. The van der Waals surface area contributed by atoms with Crippen LogP contribution < -0.4 is 5.73 Å². The van der Waals surface area contributed by atoms with E-state index in [1.807, 2.05) is 36.4 Å². The third-order valence-electron chi connectivity index (χ3n) is 3.14. The molecule has 0 aliphatic heterocycles. The van der Waals surface area contributed by atoms with Gasteiger partial charge in [-0.05, 0) is 25.0 Å². The molecule has 0 amide bonds. The summed E-state index contributed by atoms with van der Waals surface area (Å²) in [6, 6.07) is 18.1. The number of hydrogen-bond acceptors (Lipinski definition) is 4. The van der Waals surface area contributed by atoms with Crippen molar-refractivity contribution in [1.29, 1.82) is 0 Å². The first-order valence-corrected chi connectivity index (χ1v) is 7.15. The first kappa shape index (κ1) is 18.0. The monoisotopic (exact) mass is 301 g/mol. The van der Waals surface area contributed by atoms with Gasteiger partial charge in [0.15, 0.2) is 5.78 Å². The maximum atomic E-state index is 10.7. The molecule has 0 bridgehead atoms. The predicted molar refractivity (Wildman–Crippen MR) is 87.1 cm³/mol. The fourth-order valence-electron chi connectivity index (χ4n) is 1.82. The number of nitrogens with two attached hydrogens (primary N) is 1. The number of hydrogen-bond donors (Lipinski definition) is 3. The molecule has 0 unspecified atom stereocenters. The highest BCUT2D eigenvalue weighted by Gasteiger charge is 2.11. The molecular formula is C18H23NO3. The quantitative estimate of drug-likeness (QED) is 0.809. The number of aliphatic hydroxyl groups excluding tert-OH is 2. The molecule has 0 radical (unpaired) electrons. The van der Waals surface area contributed by atoms with Crippen LogP contribution in [0.15, 0.2) is 60.7 Å². The molecule has 2 aromatic rings. The van der Waals surface area contributed by atoms with Gasteiger partial charge in [-0.1, -0.05) is 60.7 Å². The van der Waals surface area contributed by atoms with Crippen molar-refractivity contribution in [3.05, 3.63) is 71.8 Å². The molecule has 4 nitrogen and oxygen atoms in total. The van der Waals surface area contributed by atoms with Crippen molar-refractivity contribution in [1.82, 2.24) is 0 Å². The standard InChI is InChI=1S/C9H13NO.C9H10O2/c2*1-7(10)9(11)8-5-3-2-4-6-8/h2-7,9,11H,10H2,1H3;2-6,9,11H,1H3/t7-,9-;9-/m00/s1. The average molecular weight is 301 g/mol. The van der Waals surface area contributed by atoms with Crippen LogP contribution in [-0.2, 0) is 4.79 Å². The van der Waals surface area contributed by atoms with E-state index in [1.165, 1.54) is 6.92 Å². The zero-order valence-electron chi connectivity index (χ0n) is 12.9. The van der Waals surface area contributed by atoms with E-state index in [-0.39, 0.29) is 11.8 Å². The van der Waals surface area contributed by atoms with Crippen molar-refractivity contribution in [3.8, 4) is 0 Å². The van der Waals surface area contributed by atoms with Crippen LogP contribution in [0, 0.1) is 0 Å². The van der Waals surface area contributed by atoms with Crippen molar-refractivity contribution < 1.29 is 15.0 Å². The van der Waals surface area contributed by atoms with Crippen LogP contribution in [0.3, 0.4) is 0 Å². The molecule has 0 aliphatic rings. The number of ketones is 1. The number of carbonyl (C=O) groups is 1. The van der Waals surface area contributed by atoms with Crippen LogP contribution in [0.4, 0.5) is 0 Å². The second-order valence-corrected chi connectivity index (χ2v) is 5.14. The highest BCUT2D eigenvalue weighted by Crippen LogP contribution is 2.14. The fourth-order valence-corrected chi connectivity index (χ4v) is 1.82. The summed E-state index contributed by atoms with van der Waals surface area (Å²) in [5.74, 6) is -0.226. The molecule has 0 heterocycles. The molecule has 0 aromatic heterocycles. The van der Waals surface area contributed by atoms with Crippen molar-refractivity contribution >= 4 is 5.78 Å². The number of carbonyl (C=O) groups excluding carboxylic acids is 1. The Labute approximate surface area is 131 Å². The predicted octanol–water partition coefficient (Wildman–Crippen LogP) is 2.38. The number of Topliss-reactive ketones (excluding diaryl/α,β-unsaturated/α-hetero) is 1. The van der Waals surface area contributed by atoms with E-state index in [0.717, 1.165) is 5.56 Å². The summed E-state index contributed by atoms with van der Waals surface area (Å²) in [6.45, 7) is 3.16. The number of aliphatic hydroxyl groups is 2. The Morgan fingerprint density at radius 2 is 1.32 bits per heavy atom. The van der Waals surface area contributed by atoms with Crippen LogP contribution in [-0.4, -0.2) is 22.0 Å². The number of benzene rings is 2. The van der Waals surface area contributed by atoms with Gasteiger partial charge in [-0.3, -0.25) is 4.79 Å². The first-order chi connectivity index (χ1) is 10.4. The van der Waals surface area contributed by atoms with Gasteiger partial charge in [0, 0.05) is 6.04 Å². The number of rotatable bonds is 4. The lowest BCUT2D eigenvalue weighted by Gasteiger charge is -2.13. The topological polar surface area (TPSA) is 83.5 Å². The van der Waals surface area contributed by atoms with E-state index in [4.69, 9.17) is 5.73 Å². The van der Waals surface area contributed by atoms with Gasteiger partial charge in [0.1, 0.15) is 6.10 Å². The molecule has 0 fully saturated rings. The SMILES string of the molecule is CC(=O)[C@H](O)c1ccccc1.C[C@H](N)[C@H](O)c1ccccc1. The molecule has 4 N–H and O–H groups in total. The lowest BCUT2D eigenvalue weighted by molar-refractivity contribution is -0.125. The van der Waals surface area contributed by atoms with Crippen molar-refractivity contribution in [2.75, 3.05) is 0 Å². The Hall–Kier alpha value is -2.01. The summed E-state index contributed by atoms with van der Waals surface area (Å²) in [7, 11) is 0. The molecule has 2 rings (SSSR count). The van der Waals surface area contributed by atoms with Crippen LogP contribution in [0.5, 0.6) is 0 Å². The maximum absolute atomic E-state index is 10.7. The molecule has 0 saturated carbocycles. The summed E-state index contributed by atoms with van der Waals surface area (Å²) < 4.78 is 0. The third-order valence-corrected chi connectivity index (χ3v) is 3.14. The second kappa shape index (κ2) is 9.10. The molecule has 118 valence electrons. The van der Waals surface area contributed by atoms with Crippen molar-refractivity contribution in [2.24, 2.45) is 5.73 Å². The van der Waals surface area contributed by atoms with Gasteiger partial charge >= 0.3 is 0 Å². The van der Waals surface area contributed by atoms with Crippen LogP contribution >= 0.6 is 0 Å². The molecule has 22 heavy (non-hydrogen) atoms. The Morgan fingerprint density at radius 1 is 0.909 bits per heavy atom. The second-order valence-electron chi connectivity index (χ2n) is 5.14. The van der Waals surface area contributed by atoms with Crippen molar-refractivity contribution in [2.45, 2.75) is 32.1 Å². The van der Waals surface area contributed by atoms with Crippen LogP contribution in [0.2, 0.25) is 0 Å². The van der Waals surface area contributed by atoms with E-state index in [1.54, 1.807) is 31.2 Å². The minimum absolute atomic E-state index is 0.211. The Kier molecular flexibility index (Phi) is 7.46. The van der Waals surface area contributed by atoms with Gasteiger partial charge in [-0.2, -0.15) is 0 Å². The fraction of sp³-hybridized carbons (Fsp3) is 0.278. The molecule has 4 heteroatoms. The van der Waals surface area contributed by atoms with Crippen LogP contribution in [0.25, 0.3) is 0 Å². The largest absolute Gasteiger partial charge is 0.387 e. The summed E-state index contributed by atoms with van der Waals surface area (Å²) in [6.07, 6.45) is -1.51. The summed E-state index contributed by atoms with van der Waals surface area (Å²) in [5, 5.41) is 18.7. The van der Waals surface area contributed by atoms with E-state index in [2.05, 4.69) is 0 Å². The Morgan fingerprint density at radius 3 is 1.68 bits per heavy atom. The van der Waals surface area contributed by atoms with Crippen molar-refractivity contribution in [3.63, 3.8) is 0 Å². The lowest BCUT2D eigenvalue weighted by atomic mass is 10.0. The molecule has 0 aliphatic carbocycles. The van der Waals surface area contributed by atoms with Gasteiger partial charge in [-0.15, -0.1) is 0 Å². The van der Waals surface area contributed by atoms with E-state index in [9.17, 15) is 15.0 Å². The van der Waals surface area contributed by atoms with Gasteiger partial charge in [-0.25, -0.2) is 0 Å². The Bertz CT molecular complexity index is 555. The lowest BCUT2D eigenvalue weighted by Crippen LogP contribution is -2.24. The average Bonchev–Trinajstić information content (AvgIpc) is 2.55. The smallest absolute Gasteiger partial charge is 0.162 e. The third kappa shape index (κ3) is 5.77.